The van der Waals surface area contributed by atoms with E-state index in [1.54, 1.807) is 0 Å². The van der Waals surface area contributed by atoms with Gasteiger partial charge in [-0.1, -0.05) is 27.7 Å². The lowest BCUT2D eigenvalue weighted by Crippen LogP contribution is -2.52. The van der Waals surface area contributed by atoms with Crippen LogP contribution in [0.2, 0.25) is 0 Å². The Labute approximate surface area is 161 Å². The van der Waals surface area contributed by atoms with Gasteiger partial charge in [0.25, 0.3) is 5.91 Å². The van der Waals surface area contributed by atoms with E-state index in [0.29, 0.717) is 26.1 Å². The molecule has 8 nitrogen and oxygen atoms in total. The van der Waals surface area contributed by atoms with E-state index in [2.05, 4.69) is 24.1 Å². The van der Waals surface area contributed by atoms with E-state index in [4.69, 9.17) is 0 Å². The van der Waals surface area contributed by atoms with Crippen LogP contribution in [0.5, 0.6) is 0 Å². The standard InChI is InChI=1S/C19H34N4O4/c1-5-14(6-2)21-12-15(24)10-16(21)18(26)20-11-17(25)22-8-7-9-23(22)19(27)13(3)4/h13-16,24H,5-12H2,1-4H3,(H,20,26). The predicted molar refractivity (Wildman–Crippen MR) is 101 cm³/mol. The van der Waals surface area contributed by atoms with Crippen molar-refractivity contribution in [3.63, 3.8) is 0 Å². The van der Waals surface area contributed by atoms with Crippen molar-refractivity contribution < 1.29 is 19.5 Å². The molecule has 0 spiro atoms. The van der Waals surface area contributed by atoms with Crippen LogP contribution in [-0.4, -0.2) is 82.1 Å². The number of hydrazine groups is 1. The number of nitrogens with zero attached hydrogens (tertiary/aromatic N) is 3. The average molecular weight is 383 g/mol. The van der Waals surface area contributed by atoms with Crippen molar-refractivity contribution in [1.29, 1.82) is 0 Å². The zero-order valence-electron chi connectivity index (χ0n) is 17.0. The van der Waals surface area contributed by atoms with E-state index in [9.17, 15) is 19.5 Å². The van der Waals surface area contributed by atoms with Crippen LogP contribution in [0, 0.1) is 5.92 Å². The van der Waals surface area contributed by atoms with Gasteiger partial charge >= 0.3 is 0 Å². The molecule has 2 heterocycles. The maximum Gasteiger partial charge on any atom is 0.260 e. The zero-order chi connectivity index (χ0) is 20.1. The van der Waals surface area contributed by atoms with Gasteiger partial charge in [-0.25, -0.2) is 5.01 Å². The van der Waals surface area contributed by atoms with Gasteiger partial charge in [0.15, 0.2) is 0 Å². The Morgan fingerprint density at radius 1 is 1.11 bits per heavy atom. The van der Waals surface area contributed by atoms with Crippen LogP contribution in [0.1, 0.15) is 53.4 Å². The van der Waals surface area contributed by atoms with E-state index in [0.717, 1.165) is 19.3 Å². The molecule has 8 heteroatoms. The molecule has 2 unspecified atom stereocenters. The number of β-amino-alcohol motifs (C(OH)–C–C–N with tert-alkyl or cyclic N) is 1. The molecule has 2 saturated heterocycles. The van der Waals surface area contributed by atoms with Crippen LogP contribution in [-0.2, 0) is 14.4 Å². The SMILES string of the molecule is CCC(CC)N1CC(O)CC1C(=O)NCC(=O)N1CCCN1C(=O)C(C)C. The van der Waals surface area contributed by atoms with Gasteiger partial charge in [0.2, 0.25) is 11.8 Å². The summed E-state index contributed by atoms with van der Waals surface area (Å²) >= 11 is 0. The second-order valence-electron chi connectivity index (χ2n) is 7.78. The molecule has 0 aromatic rings. The van der Waals surface area contributed by atoms with Crippen molar-refractivity contribution in [1.82, 2.24) is 20.2 Å². The van der Waals surface area contributed by atoms with E-state index < -0.39 is 12.1 Å². The Kier molecular flexibility index (Phi) is 7.61. The molecule has 27 heavy (non-hydrogen) atoms. The highest BCUT2D eigenvalue weighted by molar-refractivity contribution is 5.89. The number of amides is 3. The van der Waals surface area contributed by atoms with Gasteiger partial charge in [0.1, 0.15) is 0 Å². The van der Waals surface area contributed by atoms with E-state index in [1.807, 2.05) is 13.8 Å². The smallest absolute Gasteiger partial charge is 0.260 e. The zero-order valence-corrected chi connectivity index (χ0v) is 17.0. The lowest BCUT2D eigenvalue weighted by molar-refractivity contribution is -0.159. The molecule has 0 aromatic carbocycles. The third kappa shape index (κ3) is 4.99. The van der Waals surface area contributed by atoms with Crippen molar-refractivity contribution in [3.05, 3.63) is 0 Å². The first-order valence-corrected chi connectivity index (χ1v) is 10.1. The Bertz CT molecular complexity index is 550. The Hall–Kier alpha value is -1.67. The molecule has 3 amide bonds. The number of nitrogens with one attached hydrogen (secondary N) is 1. The molecule has 0 aromatic heterocycles. The summed E-state index contributed by atoms with van der Waals surface area (Å²) in [6.07, 6.45) is 2.43. The quantitative estimate of drug-likeness (QED) is 0.663. The van der Waals surface area contributed by atoms with Gasteiger partial charge in [0, 0.05) is 31.6 Å². The van der Waals surface area contributed by atoms with Crippen LogP contribution in [0.15, 0.2) is 0 Å². The second kappa shape index (κ2) is 9.50. The van der Waals surface area contributed by atoms with E-state index >= 15 is 0 Å². The highest BCUT2D eigenvalue weighted by Gasteiger charge is 2.39. The normalized spacial score (nSPS) is 23.5. The monoisotopic (exact) mass is 382 g/mol. The first-order valence-electron chi connectivity index (χ1n) is 10.1. The van der Waals surface area contributed by atoms with Gasteiger partial charge in [-0.05, 0) is 25.7 Å². The first kappa shape index (κ1) is 21.6. The second-order valence-corrected chi connectivity index (χ2v) is 7.78. The number of carbonyl (C=O) groups excluding carboxylic acids is 3. The van der Waals surface area contributed by atoms with Crippen LogP contribution >= 0.6 is 0 Å². The number of aliphatic hydroxyl groups is 1. The molecule has 0 radical (unpaired) electrons. The van der Waals surface area contributed by atoms with Crippen LogP contribution in [0.25, 0.3) is 0 Å². The minimum absolute atomic E-state index is 0.0778. The molecule has 0 bridgehead atoms. The third-order valence-electron chi connectivity index (χ3n) is 5.51. The summed E-state index contributed by atoms with van der Waals surface area (Å²) in [5.41, 5.74) is 0. The molecule has 2 atom stereocenters. The van der Waals surface area contributed by atoms with Crippen molar-refractivity contribution in [2.45, 2.75) is 71.6 Å². The van der Waals surface area contributed by atoms with Crippen LogP contribution < -0.4 is 5.32 Å². The summed E-state index contributed by atoms with van der Waals surface area (Å²) in [5.74, 6) is -0.761. The van der Waals surface area contributed by atoms with Crippen molar-refractivity contribution in [2.75, 3.05) is 26.2 Å². The molecule has 2 fully saturated rings. The summed E-state index contributed by atoms with van der Waals surface area (Å²) in [6, 6.07) is -0.170. The minimum atomic E-state index is -0.519. The van der Waals surface area contributed by atoms with Gasteiger partial charge in [-0.15, -0.1) is 0 Å². The van der Waals surface area contributed by atoms with Gasteiger partial charge in [-0.3, -0.25) is 24.3 Å². The highest BCUT2D eigenvalue weighted by atomic mass is 16.3. The van der Waals surface area contributed by atoms with E-state index in [1.165, 1.54) is 10.0 Å². The Balaban J connectivity index is 1.94. The fraction of sp³-hybridized carbons (Fsp3) is 0.842. The molecule has 2 N–H and O–H groups in total. The average Bonchev–Trinajstić information content (AvgIpc) is 3.26. The van der Waals surface area contributed by atoms with E-state index in [-0.39, 0.29) is 36.2 Å². The third-order valence-corrected chi connectivity index (χ3v) is 5.51. The maximum absolute atomic E-state index is 12.7. The van der Waals surface area contributed by atoms with Crippen LogP contribution in [0.4, 0.5) is 0 Å². The lowest BCUT2D eigenvalue weighted by atomic mass is 10.1. The largest absolute Gasteiger partial charge is 0.392 e. The number of rotatable bonds is 7. The van der Waals surface area contributed by atoms with Gasteiger partial charge < -0.3 is 10.4 Å². The number of aliphatic hydroxyl groups excluding tert-OH is 1. The Morgan fingerprint density at radius 2 is 1.74 bits per heavy atom. The maximum atomic E-state index is 12.7. The number of likely N-dealkylation sites (tertiary alicyclic amines) is 1. The fourth-order valence-electron chi connectivity index (χ4n) is 4.03. The lowest BCUT2D eigenvalue weighted by Gasteiger charge is -2.31. The fourth-order valence-corrected chi connectivity index (χ4v) is 4.03. The van der Waals surface area contributed by atoms with Crippen LogP contribution in [0.3, 0.4) is 0 Å². The summed E-state index contributed by atoms with van der Waals surface area (Å²) in [7, 11) is 0. The minimum Gasteiger partial charge on any atom is -0.392 e. The molecular weight excluding hydrogens is 348 g/mol. The molecule has 0 aliphatic carbocycles. The number of carbonyl (C=O) groups is 3. The summed E-state index contributed by atoms with van der Waals surface area (Å²) in [4.78, 5) is 39.5. The number of hydrogen-bond donors (Lipinski definition) is 2. The molecule has 2 aliphatic heterocycles. The molecule has 0 saturated carbocycles. The molecule has 2 aliphatic rings. The van der Waals surface area contributed by atoms with Crippen molar-refractivity contribution in [2.24, 2.45) is 5.92 Å². The van der Waals surface area contributed by atoms with Crippen molar-refractivity contribution in [3.8, 4) is 0 Å². The highest BCUT2D eigenvalue weighted by Crippen LogP contribution is 2.24. The van der Waals surface area contributed by atoms with Crippen molar-refractivity contribution >= 4 is 17.7 Å². The Morgan fingerprint density at radius 3 is 2.33 bits per heavy atom. The predicted octanol–water partition coefficient (Wildman–Crippen LogP) is 0.358. The topological polar surface area (TPSA) is 93.2 Å². The van der Waals surface area contributed by atoms with Gasteiger partial charge in [0.05, 0.1) is 18.7 Å². The summed E-state index contributed by atoms with van der Waals surface area (Å²) in [5, 5.41) is 15.7. The van der Waals surface area contributed by atoms with Gasteiger partial charge in [-0.2, -0.15) is 0 Å². The molecule has 2 rings (SSSR count). The summed E-state index contributed by atoms with van der Waals surface area (Å²) in [6.45, 7) is 9.15. The molecular formula is C19H34N4O4. The summed E-state index contributed by atoms with van der Waals surface area (Å²) < 4.78 is 0. The number of hydrogen-bond acceptors (Lipinski definition) is 5. The molecule has 154 valence electrons. The first-order chi connectivity index (χ1) is 12.8.